The van der Waals surface area contributed by atoms with E-state index in [1.807, 2.05) is 0 Å². The lowest BCUT2D eigenvalue weighted by Gasteiger charge is -2.30. The molecule has 2 rings (SSSR count). The summed E-state index contributed by atoms with van der Waals surface area (Å²) in [5.41, 5.74) is 0.655. The third-order valence-electron chi connectivity index (χ3n) is 3.78. The molecule has 0 bridgehead atoms. The zero-order chi connectivity index (χ0) is 19.3. The van der Waals surface area contributed by atoms with Crippen LogP contribution in [-0.4, -0.2) is 33.7 Å². The number of carbonyl (C=O) groups is 1. The Labute approximate surface area is 152 Å². The van der Waals surface area contributed by atoms with E-state index in [1.54, 1.807) is 31.2 Å². The Morgan fingerprint density at radius 3 is 2.35 bits per heavy atom. The number of para-hydroxylation sites is 2. The van der Waals surface area contributed by atoms with Gasteiger partial charge in [-0.2, -0.15) is 0 Å². The molecular weight excluding hydrogens is 359 g/mol. The molecule has 0 fully saturated rings. The molecule has 1 atom stereocenters. The topological polar surface area (TPSA) is 75.7 Å². The minimum Gasteiger partial charge on any atom is -0.495 e. The first-order valence-corrected chi connectivity index (χ1v) is 9.81. The Morgan fingerprint density at radius 1 is 1.19 bits per heavy atom. The molecule has 6 nitrogen and oxygen atoms in total. The number of anilines is 2. The highest BCUT2D eigenvalue weighted by Crippen LogP contribution is 2.26. The van der Waals surface area contributed by atoms with Gasteiger partial charge in [0.2, 0.25) is 15.9 Å². The normalized spacial score (nSPS) is 12.3. The van der Waals surface area contributed by atoms with Crippen LogP contribution in [0.25, 0.3) is 0 Å². The molecule has 0 aromatic heterocycles. The number of sulfonamides is 1. The summed E-state index contributed by atoms with van der Waals surface area (Å²) in [6, 6.07) is 10.8. The van der Waals surface area contributed by atoms with Gasteiger partial charge in [0, 0.05) is 0 Å². The molecule has 2 aromatic carbocycles. The SMILES string of the molecule is CC[C@@H](C(=O)Nc1ccccc1OC)N(c1ccc(F)cc1)S(C)(=O)=O. The van der Waals surface area contributed by atoms with Crippen molar-refractivity contribution in [3.8, 4) is 5.75 Å². The average Bonchev–Trinajstić information content (AvgIpc) is 2.60. The van der Waals surface area contributed by atoms with Crippen LogP contribution in [0.5, 0.6) is 5.75 Å². The van der Waals surface area contributed by atoms with Crippen LogP contribution < -0.4 is 14.4 Å². The standard InChI is InChI=1S/C18H21FN2O4S/c1-4-16(18(22)20-15-7-5-6-8-17(15)25-2)21(26(3,23)24)14-11-9-13(19)10-12-14/h5-12,16H,4H2,1-3H3,(H,20,22)/t16-/m0/s1. The maximum atomic E-state index is 13.2. The van der Waals surface area contributed by atoms with Gasteiger partial charge in [0.05, 0.1) is 24.7 Å². The van der Waals surface area contributed by atoms with Crippen molar-refractivity contribution in [2.24, 2.45) is 0 Å². The number of benzene rings is 2. The number of rotatable bonds is 7. The molecule has 0 saturated heterocycles. The largest absolute Gasteiger partial charge is 0.495 e. The summed E-state index contributed by atoms with van der Waals surface area (Å²) in [5.74, 6) is -0.538. The van der Waals surface area contributed by atoms with Crippen molar-refractivity contribution < 1.29 is 22.3 Å². The Balaban J connectivity index is 2.38. The molecule has 0 spiro atoms. The van der Waals surface area contributed by atoms with Crippen molar-refractivity contribution in [2.75, 3.05) is 23.0 Å². The third kappa shape index (κ3) is 4.51. The summed E-state index contributed by atoms with van der Waals surface area (Å²) in [5, 5.41) is 2.70. The summed E-state index contributed by atoms with van der Waals surface area (Å²) < 4.78 is 44.0. The van der Waals surface area contributed by atoms with Crippen LogP contribution in [0.4, 0.5) is 15.8 Å². The first-order valence-electron chi connectivity index (χ1n) is 7.96. The monoisotopic (exact) mass is 380 g/mol. The molecule has 0 aliphatic rings. The van der Waals surface area contributed by atoms with Gasteiger partial charge in [0.15, 0.2) is 0 Å². The fourth-order valence-electron chi connectivity index (χ4n) is 2.61. The smallest absolute Gasteiger partial charge is 0.248 e. The zero-order valence-electron chi connectivity index (χ0n) is 14.8. The maximum absolute atomic E-state index is 13.2. The maximum Gasteiger partial charge on any atom is 0.248 e. The lowest BCUT2D eigenvalue weighted by Crippen LogP contribution is -2.47. The lowest BCUT2D eigenvalue weighted by atomic mass is 10.1. The fourth-order valence-corrected chi connectivity index (χ4v) is 3.82. The van der Waals surface area contributed by atoms with Crippen LogP contribution in [0.3, 0.4) is 0 Å². The van der Waals surface area contributed by atoms with Gasteiger partial charge in [0.25, 0.3) is 0 Å². The van der Waals surface area contributed by atoms with Gasteiger partial charge in [-0.3, -0.25) is 9.10 Å². The average molecular weight is 380 g/mol. The van der Waals surface area contributed by atoms with Crippen LogP contribution in [0, 0.1) is 5.82 Å². The number of carbonyl (C=O) groups excluding carboxylic acids is 1. The second-order valence-corrected chi connectivity index (χ2v) is 7.51. The summed E-state index contributed by atoms with van der Waals surface area (Å²) in [7, 11) is -2.30. The zero-order valence-corrected chi connectivity index (χ0v) is 15.6. The first kappa shape index (κ1) is 19.7. The first-order chi connectivity index (χ1) is 12.3. The number of amides is 1. The predicted octanol–water partition coefficient (Wildman–Crippen LogP) is 3.02. The minimum absolute atomic E-state index is 0.218. The van der Waals surface area contributed by atoms with Gasteiger partial charge in [-0.05, 0) is 42.8 Å². The third-order valence-corrected chi connectivity index (χ3v) is 4.96. The molecule has 140 valence electrons. The molecule has 1 amide bonds. The Kier molecular flexibility index (Phi) is 6.20. The number of hydrogen-bond donors (Lipinski definition) is 1. The molecule has 0 aliphatic carbocycles. The second kappa shape index (κ2) is 8.18. The van der Waals surface area contributed by atoms with E-state index in [1.165, 1.54) is 19.2 Å². The van der Waals surface area contributed by atoms with Gasteiger partial charge in [0.1, 0.15) is 17.6 Å². The van der Waals surface area contributed by atoms with Gasteiger partial charge < -0.3 is 10.1 Å². The van der Waals surface area contributed by atoms with Crippen LogP contribution in [0.2, 0.25) is 0 Å². The van der Waals surface area contributed by atoms with Gasteiger partial charge in [-0.25, -0.2) is 12.8 Å². The van der Waals surface area contributed by atoms with E-state index in [9.17, 15) is 17.6 Å². The van der Waals surface area contributed by atoms with E-state index in [0.717, 1.165) is 22.7 Å². The van der Waals surface area contributed by atoms with Gasteiger partial charge >= 0.3 is 0 Å². The Morgan fingerprint density at radius 2 is 1.81 bits per heavy atom. The summed E-state index contributed by atoms with van der Waals surface area (Å²) in [6.07, 6.45) is 1.24. The number of nitrogens with one attached hydrogen (secondary N) is 1. The van der Waals surface area contributed by atoms with E-state index in [4.69, 9.17) is 4.74 Å². The summed E-state index contributed by atoms with van der Waals surface area (Å²) >= 11 is 0. The van der Waals surface area contributed by atoms with E-state index >= 15 is 0 Å². The van der Waals surface area contributed by atoms with Crippen LogP contribution in [0.1, 0.15) is 13.3 Å². The minimum atomic E-state index is -3.78. The molecule has 0 saturated carbocycles. The highest BCUT2D eigenvalue weighted by Gasteiger charge is 2.31. The van der Waals surface area contributed by atoms with Crippen molar-refractivity contribution in [1.82, 2.24) is 0 Å². The van der Waals surface area contributed by atoms with Crippen molar-refractivity contribution in [3.05, 3.63) is 54.3 Å². The number of ether oxygens (including phenoxy) is 1. The lowest BCUT2D eigenvalue weighted by molar-refractivity contribution is -0.117. The second-order valence-electron chi connectivity index (χ2n) is 5.65. The van der Waals surface area contributed by atoms with E-state index in [0.29, 0.717) is 11.4 Å². The van der Waals surface area contributed by atoms with Gasteiger partial charge in [-0.1, -0.05) is 19.1 Å². The van der Waals surface area contributed by atoms with Crippen LogP contribution in [-0.2, 0) is 14.8 Å². The summed E-state index contributed by atoms with van der Waals surface area (Å²) in [4.78, 5) is 12.8. The molecular formula is C18H21FN2O4S. The number of hydrogen-bond acceptors (Lipinski definition) is 4. The van der Waals surface area contributed by atoms with Crippen molar-refractivity contribution in [2.45, 2.75) is 19.4 Å². The Hall–Kier alpha value is -2.61. The molecule has 1 N–H and O–H groups in total. The predicted molar refractivity (Wildman–Crippen MR) is 99.4 cm³/mol. The highest BCUT2D eigenvalue weighted by molar-refractivity contribution is 7.92. The summed E-state index contributed by atoms with van der Waals surface area (Å²) in [6.45, 7) is 1.70. The van der Waals surface area contributed by atoms with Crippen LogP contribution in [0.15, 0.2) is 48.5 Å². The molecule has 8 heteroatoms. The molecule has 0 heterocycles. The highest BCUT2D eigenvalue weighted by atomic mass is 32.2. The number of nitrogens with zero attached hydrogens (tertiary/aromatic N) is 1. The fraction of sp³-hybridized carbons (Fsp3) is 0.278. The molecule has 26 heavy (non-hydrogen) atoms. The van der Waals surface area contributed by atoms with Crippen molar-refractivity contribution in [1.29, 1.82) is 0 Å². The van der Waals surface area contributed by atoms with Crippen molar-refractivity contribution >= 4 is 27.3 Å². The van der Waals surface area contributed by atoms with Crippen LogP contribution >= 0.6 is 0 Å². The molecule has 0 unspecified atom stereocenters. The van der Waals surface area contributed by atoms with E-state index in [-0.39, 0.29) is 12.1 Å². The number of halogens is 1. The van der Waals surface area contributed by atoms with E-state index in [2.05, 4.69) is 5.32 Å². The number of methoxy groups -OCH3 is 1. The quantitative estimate of drug-likeness (QED) is 0.801. The van der Waals surface area contributed by atoms with Gasteiger partial charge in [-0.15, -0.1) is 0 Å². The molecule has 0 aliphatic heterocycles. The Bertz CT molecular complexity index is 869. The molecule has 0 radical (unpaired) electrons. The molecule has 2 aromatic rings. The van der Waals surface area contributed by atoms with E-state index < -0.39 is 27.8 Å². The van der Waals surface area contributed by atoms with Crippen molar-refractivity contribution in [3.63, 3.8) is 0 Å².